The van der Waals surface area contributed by atoms with Gasteiger partial charge >= 0.3 is 5.69 Å². The average molecular weight is 380 g/mol. The number of carbonyl (C=O) groups excluding carboxylic acids is 1. The summed E-state index contributed by atoms with van der Waals surface area (Å²) in [5.41, 5.74) is 3.06. The number of aromatic nitrogens is 3. The van der Waals surface area contributed by atoms with Gasteiger partial charge in [-0.25, -0.2) is 4.79 Å². The van der Waals surface area contributed by atoms with Gasteiger partial charge in [0.2, 0.25) is 0 Å². The highest BCUT2D eigenvalue weighted by molar-refractivity contribution is 7.98. The van der Waals surface area contributed by atoms with Crippen LogP contribution < -0.4 is 11.0 Å². The number of aromatic amines is 2. The van der Waals surface area contributed by atoms with E-state index in [1.807, 2.05) is 31.2 Å². The number of aryl methyl sites for hydroxylation is 1. The fourth-order valence-electron chi connectivity index (χ4n) is 2.73. The molecule has 0 spiro atoms. The standard InChI is InChI=1S/C19H16N4O3S/c1-11-8-13(23-26-11)10-27-17-5-3-2-4-14(17)18(24)20-12-6-7-15-16(9-12)22-19(25)21-15/h2-9H,10H2,1H3,(H,20,24)(H2,21,22,25). The van der Waals surface area contributed by atoms with Crippen molar-refractivity contribution >= 4 is 34.4 Å². The summed E-state index contributed by atoms with van der Waals surface area (Å²) >= 11 is 1.52. The van der Waals surface area contributed by atoms with E-state index in [0.29, 0.717) is 28.0 Å². The third kappa shape index (κ3) is 3.80. The van der Waals surface area contributed by atoms with E-state index in [0.717, 1.165) is 16.3 Å². The van der Waals surface area contributed by atoms with Gasteiger partial charge in [-0.3, -0.25) is 4.79 Å². The molecule has 2 aromatic heterocycles. The second-order valence-corrected chi connectivity index (χ2v) is 7.02. The molecule has 0 unspecified atom stereocenters. The number of rotatable bonds is 5. The zero-order valence-electron chi connectivity index (χ0n) is 14.4. The summed E-state index contributed by atoms with van der Waals surface area (Å²) in [5.74, 6) is 1.15. The fraction of sp³-hybridized carbons (Fsp3) is 0.105. The number of hydrogen-bond acceptors (Lipinski definition) is 5. The highest BCUT2D eigenvalue weighted by Crippen LogP contribution is 2.27. The minimum absolute atomic E-state index is 0.216. The molecule has 0 aliphatic rings. The summed E-state index contributed by atoms with van der Waals surface area (Å²) < 4.78 is 5.08. The highest BCUT2D eigenvalue weighted by atomic mass is 32.2. The van der Waals surface area contributed by atoms with Crippen LogP contribution in [0.4, 0.5) is 5.69 Å². The van der Waals surface area contributed by atoms with Crippen LogP contribution in [0, 0.1) is 6.92 Å². The number of hydrogen-bond donors (Lipinski definition) is 3. The largest absolute Gasteiger partial charge is 0.361 e. The van der Waals surface area contributed by atoms with E-state index in [4.69, 9.17) is 4.52 Å². The molecule has 8 heteroatoms. The first kappa shape index (κ1) is 17.2. The molecule has 0 fully saturated rings. The number of nitrogens with zero attached hydrogens (tertiary/aromatic N) is 1. The van der Waals surface area contributed by atoms with Gasteiger partial charge in [0.15, 0.2) is 0 Å². The first-order chi connectivity index (χ1) is 13.1. The molecule has 0 saturated heterocycles. The van der Waals surface area contributed by atoms with E-state index in [9.17, 15) is 9.59 Å². The SMILES string of the molecule is Cc1cc(CSc2ccccc2C(=O)Nc2ccc3[nH]c(=O)[nH]c3c2)no1. The molecule has 4 rings (SSSR count). The Bertz CT molecular complexity index is 1170. The van der Waals surface area contributed by atoms with Gasteiger partial charge in [-0.05, 0) is 37.3 Å². The van der Waals surface area contributed by atoms with Crippen LogP contribution in [0.5, 0.6) is 0 Å². The molecule has 3 N–H and O–H groups in total. The Morgan fingerprint density at radius 1 is 1.15 bits per heavy atom. The van der Waals surface area contributed by atoms with E-state index in [1.165, 1.54) is 11.8 Å². The van der Waals surface area contributed by atoms with Gasteiger partial charge in [-0.2, -0.15) is 0 Å². The first-order valence-electron chi connectivity index (χ1n) is 8.26. The minimum Gasteiger partial charge on any atom is -0.361 e. The maximum Gasteiger partial charge on any atom is 0.323 e. The second kappa shape index (κ2) is 7.16. The van der Waals surface area contributed by atoms with Gasteiger partial charge in [0.1, 0.15) is 5.76 Å². The van der Waals surface area contributed by atoms with Gasteiger partial charge in [-0.15, -0.1) is 11.8 Å². The molecule has 7 nitrogen and oxygen atoms in total. The van der Waals surface area contributed by atoms with Crippen LogP contribution in [0.25, 0.3) is 11.0 Å². The summed E-state index contributed by atoms with van der Waals surface area (Å²) in [6, 6.07) is 14.5. The van der Waals surface area contributed by atoms with Gasteiger partial charge in [0, 0.05) is 22.4 Å². The van der Waals surface area contributed by atoms with Gasteiger partial charge in [0.05, 0.1) is 22.3 Å². The number of imidazole rings is 1. The van der Waals surface area contributed by atoms with E-state index >= 15 is 0 Å². The Morgan fingerprint density at radius 2 is 1.96 bits per heavy atom. The highest BCUT2D eigenvalue weighted by Gasteiger charge is 2.13. The van der Waals surface area contributed by atoms with Gasteiger partial charge in [0.25, 0.3) is 5.91 Å². The minimum atomic E-state index is -0.279. The molecule has 4 aromatic rings. The summed E-state index contributed by atoms with van der Waals surface area (Å²) in [7, 11) is 0. The lowest BCUT2D eigenvalue weighted by molar-refractivity contribution is 0.102. The quantitative estimate of drug-likeness (QED) is 0.458. The number of nitrogens with one attached hydrogen (secondary N) is 3. The lowest BCUT2D eigenvalue weighted by Crippen LogP contribution is -2.13. The summed E-state index contributed by atoms with van der Waals surface area (Å²) in [5, 5.41) is 6.86. The van der Waals surface area contributed by atoms with Gasteiger partial charge < -0.3 is 19.8 Å². The molecule has 1 amide bonds. The van der Waals surface area contributed by atoms with Crippen molar-refractivity contribution in [2.75, 3.05) is 5.32 Å². The molecule has 0 bridgehead atoms. The lowest BCUT2D eigenvalue weighted by Gasteiger charge is -2.09. The molecular weight excluding hydrogens is 364 g/mol. The van der Waals surface area contributed by atoms with Crippen LogP contribution in [0.1, 0.15) is 21.8 Å². The molecule has 2 aromatic carbocycles. The fourth-order valence-corrected chi connectivity index (χ4v) is 3.66. The van der Waals surface area contributed by atoms with E-state index in [1.54, 1.807) is 24.3 Å². The normalized spacial score (nSPS) is 11.0. The Hall–Kier alpha value is -3.26. The van der Waals surface area contributed by atoms with Crippen LogP contribution >= 0.6 is 11.8 Å². The Morgan fingerprint density at radius 3 is 2.78 bits per heavy atom. The van der Waals surface area contributed by atoms with E-state index in [2.05, 4.69) is 20.4 Å². The molecule has 0 aliphatic heterocycles. The van der Waals surface area contributed by atoms with Crippen molar-refractivity contribution in [1.29, 1.82) is 0 Å². The maximum absolute atomic E-state index is 12.8. The lowest BCUT2D eigenvalue weighted by atomic mass is 10.2. The van der Waals surface area contributed by atoms with Crippen molar-refractivity contribution in [3.63, 3.8) is 0 Å². The topological polar surface area (TPSA) is 104 Å². The molecule has 0 radical (unpaired) electrons. The van der Waals surface area contributed by atoms with E-state index < -0.39 is 0 Å². The third-order valence-electron chi connectivity index (χ3n) is 3.96. The molecule has 0 atom stereocenters. The Kier molecular flexibility index (Phi) is 4.55. The van der Waals surface area contributed by atoms with Crippen LogP contribution in [-0.2, 0) is 5.75 Å². The predicted molar refractivity (Wildman–Crippen MR) is 104 cm³/mol. The molecular formula is C19H16N4O3S. The molecule has 27 heavy (non-hydrogen) atoms. The number of thioether (sulfide) groups is 1. The van der Waals surface area contributed by atoms with Crippen LogP contribution in [0.2, 0.25) is 0 Å². The molecule has 136 valence electrons. The van der Waals surface area contributed by atoms with Crippen molar-refractivity contribution in [1.82, 2.24) is 15.1 Å². The predicted octanol–water partition coefficient (Wildman–Crippen LogP) is 3.70. The third-order valence-corrected chi connectivity index (χ3v) is 5.06. The zero-order valence-corrected chi connectivity index (χ0v) is 15.2. The van der Waals surface area contributed by atoms with Crippen molar-refractivity contribution in [2.45, 2.75) is 17.6 Å². The van der Waals surface area contributed by atoms with Crippen LogP contribution in [0.15, 0.2) is 62.7 Å². The number of fused-ring (bicyclic) bond motifs is 1. The number of benzene rings is 2. The van der Waals surface area contributed by atoms with Crippen molar-refractivity contribution in [2.24, 2.45) is 0 Å². The van der Waals surface area contributed by atoms with Crippen LogP contribution in [-0.4, -0.2) is 21.0 Å². The number of H-pyrrole nitrogens is 2. The maximum atomic E-state index is 12.8. The monoisotopic (exact) mass is 380 g/mol. The number of carbonyl (C=O) groups is 1. The van der Waals surface area contributed by atoms with Crippen LogP contribution in [0.3, 0.4) is 0 Å². The average Bonchev–Trinajstić information content (AvgIpc) is 3.24. The second-order valence-electron chi connectivity index (χ2n) is 6.01. The Labute approximate surface area is 158 Å². The van der Waals surface area contributed by atoms with Crippen molar-refractivity contribution in [3.8, 4) is 0 Å². The summed E-state index contributed by atoms with van der Waals surface area (Å²) in [6.45, 7) is 1.84. The number of anilines is 1. The zero-order chi connectivity index (χ0) is 18.8. The smallest absolute Gasteiger partial charge is 0.323 e. The summed E-state index contributed by atoms with van der Waals surface area (Å²) in [6.07, 6.45) is 0. The molecule has 2 heterocycles. The molecule has 0 aliphatic carbocycles. The molecule has 0 saturated carbocycles. The van der Waals surface area contributed by atoms with Gasteiger partial charge in [-0.1, -0.05) is 17.3 Å². The Balaban J connectivity index is 1.53. The first-order valence-corrected chi connectivity index (χ1v) is 9.24. The summed E-state index contributed by atoms with van der Waals surface area (Å²) in [4.78, 5) is 30.3. The van der Waals surface area contributed by atoms with Crippen molar-refractivity contribution in [3.05, 3.63) is 76.0 Å². The van der Waals surface area contributed by atoms with E-state index in [-0.39, 0.29) is 11.6 Å². The number of amides is 1. The van der Waals surface area contributed by atoms with Crippen molar-refractivity contribution < 1.29 is 9.32 Å².